The van der Waals surface area contributed by atoms with Crippen molar-refractivity contribution in [1.82, 2.24) is 19.6 Å². The average molecular weight is 346 g/mol. The van der Waals surface area contributed by atoms with E-state index in [1.54, 1.807) is 35.3 Å². The van der Waals surface area contributed by atoms with Crippen molar-refractivity contribution in [3.05, 3.63) is 40.3 Å². The molecule has 0 aromatic carbocycles. The van der Waals surface area contributed by atoms with Gasteiger partial charge in [-0.15, -0.1) is 11.3 Å². The number of thiophene rings is 1. The molecule has 0 unspecified atom stereocenters. The van der Waals surface area contributed by atoms with Gasteiger partial charge < -0.3 is 9.64 Å². The van der Waals surface area contributed by atoms with Crippen LogP contribution in [-0.4, -0.2) is 64.4 Å². The summed E-state index contributed by atoms with van der Waals surface area (Å²) < 4.78 is 7.69. The van der Waals surface area contributed by atoms with Crippen molar-refractivity contribution in [3.8, 4) is 0 Å². The van der Waals surface area contributed by atoms with Gasteiger partial charge in [-0.25, -0.2) is 0 Å². The maximum absolute atomic E-state index is 12.7. The molecule has 0 spiro atoms. The zero-order chi connectivity index (χ0) is 16.5. The molecule has 1 amide bonds. The Morgan fingerprint density at radius 3 is 3.04 bits per heavy atom. The number of nitrogens with zero attached hydrogens (tertiary/aromatic N) is 4. The number of hydrogen-bond donors (Lipinski definition) is 0. The van der Waals surface area contributed by atoms with Crippen LogP contribution in [0, 0.1) is 5.92 Å². The zero-order valence-electron chi connectivity index (χ0n) is 13.8. The van der Waals surface area contributed by atoms with Gasteiger partial charge in [0.25, 0.3) is 5.91 Å². The van der Waals surface area contributed by atoms with E-state index in [2.05, 4.69) is 27.5 Å². The maximum atomic E-state index is 12.7. The van der Waals surface area contributed by atoms with Gasteiger partial charge in [0, 0.05) is 56.8 Å². The van der Waals surface area contributed by atoms with E-state index in [0.29, 0.717) is 18.2 Å². The Morgan fingerprint density at radius 1 is 1.38 bits per heavy atom. The average Bonchev–Trinajstić information content (AvgIpc) is 3.28. The predicted molar refractivity (Wildman–Crippen MR) is 91.9 cm³/mol. The molecule has 6 nitrogen and oxygen atoms in total. The molecule has 4 rings (SSSR count). The molecule has 2 aromatic rings. The fourth-order valence-corrected chi connectivity index (χ4v) is 4.39. The van der Waals surface area contributed by atoms with E-state index in [1.807, 2.05) is 4.90 Å². The van der Waals surface area contributed by atoms with Gasteiger partial charge in [-0.2, -0.15) is 5.10 Å². The molecule has 2 aromatic heterocycles. The number of carbonyl (C=O) groups is 1. The van der Waals surface area contributed by atoms with Crippen molar-refractivity contribution in [2.24, 2.45) is 13.0 Å². The lowest BCUT2D eigenvalue weighted by molar-refractivity contribution is 0.0481. The summed E-state index contributed by atoms with van der Waals surface area (Å²) in [4.78, 5) is 18.4. The van der Waals surface area contributed by atoms with Crippen LogP contribution in [0.5, 0.6) is 0 Å². The summed E-state index contributed by atoms with van der Waals surface area (Å²) in [6.07, 6.45) is 1.82. The first-order valence-electron chi connectivity index (χ1n) is 8.34. The van der Waals surface area contributed by atoms with Crippen LogP contribution in [0.15, 0.2) is 29.8 Å². The molecular weight excluding hydrogens is 324 g/mol. The highest BCUT2D eigenvalue weighted by Crippen LogP contribution is 2.26. The largest absolute Gasteiger partial charge is 0.375 e. The summed E-state index contributed by atoms with van der Waals surface area (Å²) in [6, 6.07) is 6.06. The van der Waals surface area contributed by atoms with Gasteiger partial charge in [-0.3, -0.25) is 14.4 Å². The summed E-state index contributed by atoms with van der Waals surface area (Å²) in [5.74, 6) is 0.432. The molecular formula is C17H22N4O2S. The molecule has 2 atom stereocenters. The Hall–Kier alpha value is -1.70. The summed E-state index contributed by atoms with van der Waals surface area (Å²) in [5.41, 5.74) is 0.641. The van der Waals surface area contributed by atoms with Crippen LogP contribution < -0.4 is 0 Å². The highest BCUT2D eigenvalue weighted by atomic mass is 32.1. The van der Waals surface area contributed by atoms with Crippen molar-refractivity contribution in [2.45, 2.75) is 12.6 Å². The van der Waals surface area contributed by atoms with Crippen molar-refractivity contribution in [2.75, 3.05) is 32.8 Å². The lowest BCUT2D eigenvalue weighted by Crippen LogP contribution is -2.34. The highest BCUT2D eigenvalue weighted by molar-refractivity contribution is 7.09. The maximum Gasteiger partial charge on any atom is 0.272 e. The molecule has 2 saturated heterocycles. The van der Waals surface area contributed by atoms with Crippen LogP contribution in [-0.2, 0) is 18.3 Å². The quantitative estimate of drug-likeness (QED) is 0.844. The number of fused-ring (bicyclic) bond motifs is 1. The van der Waals surface area contributed by atoms with Crippen molar-refractivity contribution >= 4 is 17.2 Å². The number of aromatic nitrogens is 2. The van der Waals surface area contributed by atoms with E-state index in [9.17, 15) is 4.79 Å². The van der Waals surface area contributed by atoms with E-state index in [4.69, 9.17) is 4.74 Å². The van der Waals surface area contributed by atoms with E-state index < -0.39 is 0 Å². The summed E-state index contributed by atoms with van der Waals surface area (Å²) in [7, 11) is 1.81. The number of likely N-dealkylation sites (tertiary alicyclic amines) is 1. The zero-order valence-corrected chi connectivity index (χ0v) is 14.6. The minimum atomic E-state index is 0.0523. The molecule has 0 bridgehead atoms. The van der Waals surface area contributed by atoms with Crippen molar-refractivity contribution in [3.63, 3.8) is 0 Å². The third kappa shape index (κ3) is 3.11. The molecule has 7 heteroatoms. The van der Waals surface area contributed by atoms with Crippen LogP contribution in [0.4, 0.5) is 0 Å². The first kappa shape index (κ1) is 15.8. The predicted octanol–water partition coefficient (Wildman–Crippen LogP) is 1.45. The molecule has 4 heterocycles. The second-order valence-corrected chi connectivity index (χ2v) is 7.57. The SMILES string of the molecule is Cn1nccc1C(=O)N1C[C@@H]2CN(Cc3cccs3)CCO[C@@H]2C1. The van der Waals surface area contributed by atoms with Gasteiger partial charge in [-0.1, -0.05) is 6.07 Å². The molecule has 0 N–H and O–H groups in total. The topological polar surface area (TPSA) is 50.6 Å². The Kier molecular flexibility index (Phi) is 4.39. The number of ether oxygens (including phenoxy) is 1. The summed E-state index contributed by atoms with van der Waals surface area (Å²) >= 11 is 1.80. The molecule has 0 saturated carbocycles. The molecule has 0 radical (unpaired) electrons. The lowest BCUT2D eigenvalue weighted by atomic mass is 10.1. The minimum absolute atomic E-state index is 0.0523. The molecule has 2 fully saturated rings. The van der Waals surface area contributed by atoms with Crippen LogP contribution >= 0.6 is 11.3 Å². The highest BCUT2D eigenvalue weighted by Gasteiger charge is 2.39. The smallest absolute Gasteiger partial charge is 0.272 e. The lowest BCUT2D eigenvalue weighted by Gasteiger charge is -2.22. The minimum Gasteiger partial charge on any atom is -0.375 e. The second kappa shape index (κ2) is 6.66. The fraction of sp³-hybridized carbons (Fsp3) is 0.529. The monoisotopic (exact) mass is 346 g/mol. The van der Waals surface area contributed by atoms with Gasteiger partial charge in [0.15, 0.2) is 0 Å². The molecule has 2 aliphatic heterocycles. The normalized spacial score (nSPS) is 24.8. The van der Waals surface area contributed by atoms with Gasteiger partial charge in [0.05, 0.1) is 12.7 Å². The van der Waals surface area contributed by atoms with Crippen molar-refractivity contribution in [1.29, 1.82) is 0 Å². The first-order chi connectivity index (χ1) is 11.7. The van der Waals surface area contributed by atoms with Gasteiger partial charge in [0.1, 0.15) is 5.69 Å². The standard InChI is InChI=1S/C17H22N4O2S/c1-19-15(4-5-18-19)17(22)21-10-13-9-20(6-7-23-16(13)12-21)11-14-3-2-8-24-14/h2-5,8,13,16H,6-7,9-12H2,1H3/t13-,16+/m0/s1. The van der Waals surface area contributed by atoms with E-state index in [-0.39, 0.29) is 12.0 Å². The molecule has 0 aliphatic carbocycles. The number of hydrogen-bond acceptors (Lipinski definition) is 5. The summed E-state index contributed by atoms with van der Waals surface area (Å²) in [5, 5.41) is 6.22. The van der Waals surface area contributed by atoms with Crippen LogP contribution in [0.3, 0.4) is 0 Å². The second-order valence-electron chi connectivity index (χ2n) is 6.53. The first-order valence-corrected chi connectivity index (χ1v) is 9.22. The van der Waals surface area contributed by atoms with Crippen LogP contribution in [0.2, 0.25) is 0 Å². The van der Waals surface area contributed by atoms with Crippen LogP contribution in [0.1, 0.15) is 15.4 Å². The Labute approximate surface area is 145 Å². The third-order valence-corrected chi connectivity index (χ3v) is 5.76. The van der Waals surface area contributed by atoms with Gasteiger partial charge in [-0.05, 0) is 17.5 Å². The Bertz CT molecular complexity index is 699. The number of aryl methyl sites for hydroxylation is 1. The molecule has 2 aliphatic rings. The number of carbonyl (C=O) groups excluding carboxylic acids is 1. The van der Waals surface area contributed by atoms with E-state index in [0.717, 1.165) is 32.8 Å². The number of rotatable bonds is 3. The third-order valence-electron chi connectivity index (χ3n) is 4.90. The fourth-order valence-electron chi connectivity index (χ4n) is 3.64. The van der Waals surface area contributed by atoms with Gasteiger partial charge in [0.2, 0.25) is 0 Å². The van der Waals surface area contributed by atoms with Crippen molar-refractivity contribution < 1.29 is 9.53 Å². The summed E-state index contributed by atoms with van der Waals surface area (Å²) in [6.45, 7) is 5.09. The Morgan fingerprint density at radius 2 is 2.29 bits per heavy atom. The van der Waals surface area contributed by atoms with Crippen LogP contribution in [0.25, 0.3) is 0 Å². The van der Waals surface area contributed by atoms with E-state index >= 15 is 0 Å². The number of amides is 1. The molecule has 128 valence electrons. The Balaban J connectivity index is 1.42. The van der Waals surface area contributed by atoms with Gasteiger partial charge >= 0.3 is 0 Å². The van der Waals surface area contributed by atoms with E-state index in [1.165, 1.54) is 4.88 Å². The molecule has 24 heavy (non-hydrogen) atoms.